The molecule has 0 spiro atoms. The third-order valence-corrected chi connectivity index (χ3v) is 3.20. The van der Waals surface area contributed by atoms with Crippen LogP contribution in [-0.2, 0) is 0 Å². The van der Waals surface area contributed by atoms with E-state index in [1.54, 1.807) is 0 Å². The largest absolute Gasteiger partial charge is 0.317 e. The molecule has 2 saturated heterocycles. The molecule has 76 valence electrons. The van der Waals surface area contributed by atoms with Crippen LogP contribution in [0.1, 0.15) is 19.3 Å². The Labute approximate surface area is 80.9 Å². The molecule has 0 atom stereocenters. The van der Waals surface area contributed by atoms with Crippen molar-refractivity contribution in [2.45, 2.75) is 25.3 Å². The molecule has 3 heteroatoms. The minimum Gasteiger partial charge on any atom is -0.317 e. The second-order valence-electron chi connectivity index (χ2n) is 4.12. The van der Waals surface area contributed by atoms with E-state index in [0.717, 1.165) is 6.04 Å². The van der Waals surface area contributed by atoms with Gasteiger partial charge in [-0.2, -0.15) is 0 Å². The Bertz CT molecular complexity index is 135. The molecule has 0 aromatic heterocycles. The van der Waals surface area contributed by atoms with E-state index < -0.39 is 0 Å². The Kier molecular flexibility index (Phi) is 3.58. The smallest absolute Gasteiger partial charge is 0.0120 e. The van der Waals surface area contributed by atoms with Crippen molar-refractivity contribution in [3.63, 3.8) is 0 Å². The van der Waals surface area contributed by atoms with Gasteiger partial charge < -0.3 is 10.6 Å². The predicted octanol–water partition coefficient (Wildman–Crippen LogP) is 0.0337. The predicted molar refractivity (Wildman–Crippen MR) is 55.0 cm³/mol. The molecule has 0 aromatic carbocycles. The van der Waals surface area contributed by atoms with Gasteiger partial charge in [0.05, 0.1) is 0 Å². The SMILES string of the molecule is C1CNCCN(C2CCNCC2)C1. The summed E-state index contributed by atoms with van der Waals surface area (Å²) in [7, 11) is 0. The maximum Gasteiger partial charge on any atom is 0.0120 e. The number of rotatable bonds is 1. The van der Waals surface area contributed by atoms with Crippen molar-refractivity contribution in [1.29, 1.82) is 0 Å². The molecule has 0 bridgehead atoms. The second kappa shape index (κ2) is 4.94. The lowest BCUT2D eigenvalue weighted by Gasteiger charge is -2.33. The van der Waals surface area contributed by atoms with Gasteiger partial charge in [-0.1, -0.05) is 0 Å². The standard InChI is InChI=1S/C10H21N3/c1-4-11-7-9-13(8-1)10-2-5-12-6-3-10/h10-12H,1-9H2. The number of piperidine rings is 1. The fraction of sp³-hybridized carbons (Fsp3) is 1.00. The number of nitrogens with zero attached hydrogens (tertiary/aromatic N) is 1. The molecule has 2 rings (SSSR count). The van der Waals surface area contributed by atoms with Gasteiger partial charge in [-0.3, -0.25) is 4.90 Å². The van der Waals surface area contributed by atoms with Gasteiger partial charge in [-0.05, 0) is 45.4 Å². The lowest BCUT2D eigenvalue weighted by Crippen LogP contribution is -2.44. The summed E-state index contributed by atoms with van der Waals surface area (Å²) in [4.78, 5) is 2.68. The summed E-state index contributed by atoms with van der Waals surface area (Å²) in [6, 6.07) is 0.862. The highest BCUT2D eigenvalue weighted by Gasteiger charge is 2.20. The van der Waals surface area contributed by atoms with E-state index in [9.17, 15) is 0 Å². The molecule has 0 unspecified atom stereocenters. The van der Waals surface area contributed by atoms with Gasteiger partial charge in [0.15, 0.2) is 0 Å². The molecule has 0 amide bonds. The van der Waals surface area contributed by atoms with Crippen LogP contribution in [0.5, 0.6) is 0 Å². The molecule has 2 heterocycles. The quantitative estimate of drug-likeness (QED) is 0.601. The first-order chi connectivity index (χ1) is 6.47. The van der Waals surface area contributed by atoms with E-state index >= 15 is 0 Å². The van der Waals surface area contributed by atoms with Crippen LogP contribution in [0.3, 0.4) is 0 Å². The molecule has 0 aromatic rings. The van der Waals surface area contributed by atoms with Crippen molar-refractivity contribution in [3.8, 4) is 0 Å². The van der Waals surface area contributed by atoms with Gasteiger partial charge in [0, 0.05) is 19.1 Å². The van der Waals surface area contributed by atoms with E-state index in [-0.39, 0.29) is 0 Å². The van der Waals surface area contributed by atoms with Crippen LogP contribution in [-0.4, -0.2) is 50.2 Å². The number of nitrogens with one attached hydrogen (secondary N) is 2. The van der Waals surface area contributed by atoms with Crippen LogP contribution in [0.25, 0.3) is 0 Å². The highest BCUT2D eigenvalue weighted by atomic mass is 15.2. The van der Waals surface area contributed by atoms with Crippen molar-refractivity contribution >= 4 is 0 Å². The average molecular weight is 183 g/mol. The molecule has 0 aliphatic carbocycles. The Balaban J connectivity index is 1.82. The Morgan fingerprint density at radius 1 is 0.846 bits per heavy atom. The zero-order chi connectivity index (χ0) is 8.93. The summed E-state index contributed by atoms with van der Waals surface area (Å²) < 4.78 is 0. The average Bonchev–Trinajstić information content (AvgIpc) is 2.47. The topological polar surface area (TPSA) is 27.3 Å². The van der Waals surface area contributed by atoms with Crippen LogP contribution >= 0.6 is 0 Å². The van der Waals surface area contributed by atoms with Crippen LogP contribution in [0.4, 0.5) is 0 Å². The third kappa shape index (κ3) is 2.66. The van der Waals surface area contributed by atoms with Crippen molar-refractivity contribution in [2.75, 3.05) is 39.3 Å². The van der Waals surface area contributed by atoms with Gasteiger partial charge in [-0.15, -0.1) is 0 Å². The van der Waals surface area contributed by atoms with E-state index in [4.69, 9.17) is 0 Å². The number of hydrogen-bond acceptors (Lipinski definition) is 3. The minimum absolute atomic E-state index is 0.862. The van der Waals surface area contributed by atoms with Gasteiger partial charge in [-0.25, -0.2) is 0 Å². The minimum atomic E-state index is 0.862. The summed E-state index contributed by atoms with van der Waals surface area (Å²) >= 11 is 0. The maximum absolute atomic E-state index is 3.46. The summed E-state index contributed by atoms with van der Waals surface area (Å²) in [5.41, 5.74) is 0. The van der Waals surface area contributed by atoms with E-state index in [2.05, 4.69) is 15.5 Å². The molecule has 2 fully saturated rings. The Morgan fingerprint density at radius 3 is 2.46 bits per heavy atom. The first kappa shape index (κ1) is 9.44. The maximum atomic E-state index is 3.46. The van der Waals surface area contributed by atoms with E-state index in [0.29, 0.717) is 0 Å². The third-order valence-electron chi connectivity index (χ3n) is 3.20. The molecule has 13 heavy (non-hydrogen) atoms. The Morgan fingerprint density at radius 2 is 1.62 bits per heavy atom. The molecule has 0 radical (unpaired) electrons. The fourth-order valence-electron chi connectivity index (χ4n) is 2.40. The highest BCUT2D eigenvalue weighted by molar-refractivity contribution is 4.79. The van der Waals surface area contributed by atoms with Gasteiger partial charge in [0.1, 0.15) is 0 Å². The van der Waals surface area contributed by atoms with Gasteiger partial charge in [0.2, 0.25) is 0 Å². The molecule has 2 N–H and O–H groups in total. The molecule has 2 aliphatic heterocycles. The lowest BCUT2D eigenvalue weighted by atomic mass is 10.0. The molecule has 3 nitrogen and oxygen atoms in total. The molecule has 0 saturated carbocycles. The first-order valence-corrected chi connectivity index (χ1v) is 5.62. The number of hydrogen-bond donors (Lipinski definition) is 2. The molecule has 2 aliphatic rings. The van der Waals surface area contributed by atoms with Crippen molar-refractivity contribution in [3.05, 3.63) is 0 Å². The van der Waals surface area contributed by atoms with Crippen LogP contribution in [0, 0.1) is 0 Å². The van der Waals surface area contributed by atoms with E-state index in [1.807, 2.05) is 0 Å². The van der Waals surface area contributed by atoms with Crippen molar-refractivity contribution in [2.24, 2.45) is 0 Å². The summed E-state index contributed by atoms with van der Waals surface area (Å²) in [6.07, 6.45) is 4.02. The highest BCUT2D eigenvalue weighted by Crippen LogP contribution is 2.12. The summed E-state index contributed by atoms with van der Waals surface area (Å²) in [6.45, 7) is 7.39. The van der Waals surface area contributed by atoms with Crippen molar-refractivity contribution < 1.29 is 0 Å². The monoisotopic (exact) mass is 183 g/mol. The van der Waals surface area contributed by atoms with E-state index in [1.165, 1.54) is 58.5 Å². The zero-order valence-electron chi connectivity index (χ0n) is 8.39. The Hall–Kier alpha value is -0.120. The van der Waals surface area contributed by atoms with Crippen LogP contribution in [0.15, 0.2) is 0 Å². The van der Waals surface area contributed by atoms with Gasteiger partial charge >= 0.3 is 0 Å². The first-order valence-electron chi connectivity index (χ1n) is 5.62. The molecular weight excluding hydrogens is 162 g/mol. The summed E-state index contributed by atoms with van der Waals surface area (Å²) in [5, 5.41) is 6.89. The zero-order valence-corrected chi connectivity index (χ0v) is 8.39. The fourth-order valence-corrected chi connectivity index (χ4v) is 2.40. The van der Waals surface area contributed by atoms with Gasteiger partial charge in [0.25, 0.3) is 0 Å². The summed E-state index contributed by atoms with van der Waals surface area (Å²) in [5.74, 6) is 0. The molecular formula is C10H21N3. The second-order valence-corrected chi connectivity index (χ2v) is 4.12. The van der Waals surface area contributed by atoms with Crippen molar-refractivity contribution in [1.82, 2.24) is 15.5 Å². The normalized spacial score (nSPS) is 28.6. The van der Waals surface area contributed by atoms with Crippen LogP contribution in [0.2, 0.25) is 0 Å². The van der Waals surface area contributed by atoms with Crippen LogP contribution < -0.4 is 10.6 Å². The lowest BCUT2D eigenvalue weighted by molar-refractivity contribution is 0.172.